The molecule has 4 heterocycles. The van der Waals surface area contributed by atoms with Gasteiger partial charge in [-0.2, -0.15) is 0 Å². The van der Waals surface area contributed by atoms with Crippen LogP contribution in [0.3, 0.4) is 0 Å². The van der Waals surface area contributed by atoms with E-state index < -0.39 is 42.2 Å². The molecule has 0 unspecified atom stereocenters. The highest BCUT2D eigenvalue weighted by molar-refractivity contribution is 5.86. The summed E-state index contributed by atoms with van der Waals surface area (Å²) >= 11 is 0. The van der Waals surface area contributed by atoms with Crippen molar-refractivity contribution in [3.05, 3.63) is 18.1 Å². The van der Waals surface area contributed by atoms with Crippen LogP contribution < -0.4 is 10.6 Å². The van der Waals surface area contributed by atoms with Crippen LogP contribution in [0.2, 0.25) is 0 Å². The van der Waals surface area contributed by atoms with E-state index in [1.807, 2.05) is 13.0 Å². The van der Waals surface area contributed by atoms with Crippen molar-refractivity contribution in [1.29, 1.82) is 0 Å². The number of aldehydes is 1. The number of aromatic amines is 1. The maximum Gasteiger partial charge on any atom is 0.158 e. The van der Waals surface area contributed by atoms with E-state index in [1.165, 1.54) is 6.33 Å². The molecular weight excluding hydrogens is 404 g/mol. The lowest BCUT2D eigenvalue weighted by Crippen LogP contribution is -2.66. The molecule has 2 aliphatic heterocycles. The third-order valence-corrected chi connectivity index (χ3v) is 6.58. The van der Waals surface area contributed by atoms with Crippen LogP contribution in [0.25, 0.3) is 11.0 Å². The first-order chi connectivity index (χ1) is 14.8. The third kappa shape index (κ3) is 3.81. The molecule has 31 heavy (non-hydrogen) atoms. The van der Waals surface area contributed by atoms with Crippen molar-refractivity contribution in [2.75, 3.05) is 25.5 Å². The Morgan fingerprint density at radius 1 is 1.35 bits per heavy atom. The van der Waals surface area contributed by atoms with Gasteiger partial charge in [0.2, 0.25) is 0 Å². The molecule has 2 saturated heterocycles. The lowest BCUT2D eigenvalue weighted by Gasteiger charge is -2.44. The van der Waals surface area contributed by atoms with Crippen LogP contribution >= 0.6 is 0 Å². The minimum absolute atomic E-state index is 0.128. The van der Waals surface area contributed by atoms with E-state index in [0.717, 1.165) is 17.5 Å². The van der Waals surface area contributed by atoms with Crippen molar-refractivity contribution < 1.29 is 24.9 Å². The molecule has 2 aromatic rings. The molecule has 7 atom stereocenters. The molecule has 0 aliphatic carbocycles. The average molecular weight is 434 g/mol. The highest BCUT2D eigenvalue weighted by atomic mass is 16.5. The molecular formula is C20H30N6O5. The Hall–Kier alpha value is -2.15. The number of rotatable bonds is 6. The Morgan fingerprint density at radius 2 is 2.13 bits per heavy atom. The van der Waals surface area contributed by atoms with E-state index in [2.05, 4.69) is 25.6 Å². The van der Waals surface area contributed by atoms with Gasteiger partial charge in [0.1, 0.15) is 35.9 Å². The maximum atomic E-state index is 11.8. The number of hydrogen-bond acceptors (Lipinski definition) is 10. The van der Waals surface area contributed by atoms with Gasteiger partial charge in [0.25, 0.3) is 0 Å². The molecule has 11 heteroatoms. The molecule has 0 spiro atoms. The Kier molecular flexibility index (Phi) is 5.99. The number of likely N-dealkylation sites (tertiary alicyclic amines) is 1. The van der Waals surface area contributed by atoms with Crippen molar-refractivity contribution in [3.8, 4) is 0 Å². The smallest absolute Gasteiger partial charge is 0.158 e. The number of H-pyrrole nitrogens is 1. The van der Waals surface area contributed by atoms with Gasteiger partial charge in [0, 0.05) is 18.8 Å². The zero-order valence-electron chi connectivity index (χ0n) is 17.8. The first-order valence-electron chi connectivity index (χ1n) is 10.4. The number of ether oxygens (including phenoxy) is 1. The van der Waals surface area contributed by atoms with Crippen molar-refractivity contribution in [3.63, 3.8) is 0 Å². The first-order valence-corrected chi connectivity index (χ1v) is 10.4. The van der Waals surface area contributed by atoms with Crippen molar-refractivity contribution >= 4 is 23.1 Å². The molecule has 2 aliphatic rings. The lowest BCUT2D eigenvalue weighted by atomic mass is 9.91. The van der Waals surface area contributed by atoms with Crippen LogP contribution in [-0.2, 0) is 9.53 Å². The average Bonchev–Trinajstić information content (AvgIpc) is 3.26. The number of aliphatic hydroxyl groups excluding tert-OH is 3. The molecule has 0 bridgehead atoms. The molecule has 0 saturated carbocycles. The topological polar surface area (TPSA) is 156 Å². The van der Waals surface area contributed by atoms with Gasteiger partial charge in [0.15, 0.2) is 12.0 Å². The van der Waals surface area contributed by atoms with E-state index in [4.69, 9.17) is 4.74 Å². The molecule has 2 fully saturated rings. The summed E-state index contributed by atoms with van der Waals surface area (Å²) in [5, 5.41) is 38.0. The normalized spacial score (nSPS) is 36.7. The summed E-state index contributed by atoms with van der Waals surface area (Å²) in [6.07, 6.45) is -1.96. The second-order valence-corrected chi connectivity index (χ2v) is 8.56. The summed E-state index contributed by atoms with van der Waals surface area (Å²) in [6, 6.07) is 1.25. The Balaban J connectivity index is 1.46. The summed E-state index contributed by atoms with van der Waals surface area (Å²) in [6.45, 7) is 4.41. The summed E-state index contributed by atoms with van der Waals surface area (Å²) in [5.74, 6) is 0.462. The zero-order valence-corrected chi connectivity index (χ0v) is 17.8. The molecule has 0 aromatic carbocycles. The van der Waals surface area contributed by atoms with Crippen molar-refractivity contribution in [1.82, 2.24) is 25.2 Å². The largest absolute Gasteiger partial charge is 0.391 e. The number of aryl methyl sites for hydroxylation is 1. The number of anilines is 1. The molecule has 0 radical (unpaired) electrons. The fourth-order valence-corrected chi connectivity index (χ4v) is 4.56. The predicted molar refractivity (Wildman–Crippen MR) is 112 cm³/mol. The van der Waals surface area contributed by atoms with Crippen LogP contribution in [0.4, 0.5) is 5.82 Å². The third-order valence-electron chi connectivity index (χ3n) is 6.58. The van der Waals surface area contributed by atoms with E-state index in [0.29, 0.717) is 24.3 Å². The quantitative estimate of drug-likeness (QED) is 0.303. The number of nitrogens with one attached hydrogen (secondary N) is 3. The number of hydrogen-bond donors (Lipinski definition) is 6. The second-order valence-electron chi connectivity index (χ2n) is 8.56. The Bertz CT molecular complexity index is 928. The van der Waals surface area contributed by atoms with E-state index in [-0.39, 0.29) is 6.54 Å². The predicted octanol–water partition coefficient (Wildman–Crippen LogP) is -1.26. The number of nitrogens with zero attached hydrogens (tertiary/aromatic N) is 3. The van der Waals surface area contributed by atoms with Crippen LogP contribution in [0.15, 0.2) is 12.4 Å². The Labute approximate surface area is 179 Å². The molecule has 0 amide bonds. The van der Waals surface area contributed by atoms with Gasteiger partial charge >= 0.3 is 0 Å². The maximum absolute atomic E-state index is 11.8. The summed E-state index contributed by atoms with van der Waals surface area (Å²) < 4.78 is 5.95. The number of fused-ring (bicyclic) bond motifs is 1. The Morgan fingerprint density at radius 3 is 2.81 bits per heavy atom. The van der Waals surface area contributed by atoms with E-state index in [9.17, 15) is 20.1 Å². The minimum atomic E-state index is -1.26. The number of carbonyl (C=O) groups is 1. The van der Waals surface area contributed by atoms with Gasteiger partial charge < -0.3 is 40.5 Å². The van der Waals surface area contributed by atoms with Gasteiger partial charge in [-0.3, -0.25) is 4.90 Å². The van der Waals surface area contributed by atoms with Crippen LogP contribution in [0.1, 0.15) is 19.0 Å². The van der Waals surface area contributed by atoms with Crippen molar-refractivity contribution in [2.24, 2.45) is 0 Å². The van der Waals surface area contributed by atoms with Crippen LogP contribution in [-0.4, -0.2) is 104 Å². The highest BCUT2D eigenvalue weighted by Gasteiger charge is 2.49. The summed E-state index contributed by atoms with van der Waals surface area (Å²) in [4.78, 5) is 25.2. The van der Waals surface area contributed by atoms with Gasteiger partial charge in [-0.15, -0.1) is 0 Å². The van der Waals surface area contributed by atoms with Crippen LogP contribution in [0.5, 0.6) is 0 Å². The van der Waals surface area contributed by atoms with Gasteiger partial charge in [-0.25, -0.2) is 9.97 Å². The minimum Gasteiger partial charge on any atom is -0.391 e. The molecule has 4 rings (SSSR count). The standard InChI is InChI=1S/C20H30N6O5/c1-10-6-12-15(24-10)18(23-9-22-12)25-19-17(30)16(29)14(11(2)31-19)21-7-20(8-27)13(28)4-5-26(20)3/h6,8-9,11,13-14,16-17,19,21,24,28-30H,4-5,7H2,1-3H3,(H,22,23,25)/t11-,13-,14-,16+,17-,19-,20+/m0/s1. The molecule has 2 aromatic heterocycles. The zero-order chi connectivity index (χ0) is 22.3. The number of likely N-dealkylation sites (N-methyl/N-ethyl adjacent to an activating group) is 1. The summed E-state index contributed by atoms with van der Waals surface area (Å²) in [5.41, 5.74) is 1.26. The van der Waals surface area contributed by atoms with Crippen LogP contribution in [0, 0.1) is 6.92 Å². The van der Waals surface area contributed by atoms with E-state index >= 15 is 0 Å². The number of aliphatic hydroxyl groups is 3. The molecule has 11 nitrogen and oxygen atoms in total. The fraction of sp³-hybridized carbons (Fsp3) is 0.650. The summed E-state index contributed by atoms with van der Waals surface area (Å²) in [7, 11) is 1.78. The molecule has 6 N–H and O–H groups in total. The van der Waals surface area contributed by atoms with Crippen molar-refractivity contribution in [2.45, 2.75) is 62.5 Å². The number of carbonyl (C=O) groups excluding carboxylic acids is 1. The second kappa shape index (κ2) is 8.41. The molecule has 170 valence electrons. The lowest BCUT2D eigenvalue weighted by molar-refractivity contribution is -0.171. The first kappa shape index (κ1) is 22.1. The highest BCUT2D eigenvalue weighted by Crippen LogP contribution is 2.28. The fourth-order valence-electron chi connectivity index (χ4n) is 4.56. The SMILES string of the molecule is Cc1cc2ncnc(N[C@H]3O[C@@H](C)[C@H](NC[C@@]4(C=O)[C@@H](O)CCN4C)[C@@H](O)[C@@H]3O)c2[nH]1. The van der Waals surface area contributed by atoms with Gasteiger partial charge in [0.05, 0.1) is 23.8 Å². The number of aromatic nitrogens is 3. The van der Waals surface area contributed by atoms with Gasteiger partial charge in [-0.1, -0.05) is 0 Å². The van der Waals surface area contributed by atoms with E-state index in [1.54, 1.807) is 18.9 Å². The monoisotopic (exact) mass is 434 g/mol. The van der Waals surface area contributed by atoms with Gasteiger partial charge in [-0.05, 0) is 33.4 Å².